The minimum Gasteiger partial charge on any atom is -0.478 e. The van der Waals surface area contributed by atoms with Crippen LogP contribution in [0.2, 0.25) is 5.02 Å². The van der Waals surface area contributed by atoms with Crippen molar-refractivity contribution < 1.29 is 14.3 Å². The molecule has 0 unspecified atom stereocenters. The number of nitrogen functional groups attached to an aromatic ring is 1. The first-order chi connectivity index (χ1) is 9.38. The van der Waals surface area contributed by atoms with E-state index in [0.29, 0.717) is 15.2 Å². The predicted octanol–water partition coefficient (Wildman–Crippen LogP) is 4.27. The summed E-state index contributed by atoms with van der Waals surface area (Å²) in [6, 6.07) is 7.04. The number of halogens is 3. The van der Waals surface area contributed by atoms with Gasteiger partial charge in [-0.15, -0.1) is 0 Å². The number of aromatic carboxylic acids is 1. The van der Waals surface area contributed by atoms with Gasteiger partial charge in [0.05, 0.1) is 16.3 Å². The van der Waals surface area contributed by atoms with Crippen LogP contribution in [0.15, 0.2) is 34.8 Å². The Balaban J connectivity index is 2.40. The smallest absolute Gasteiger partial charge is 0.337 e. The van der Waals surface area contributed by atoms with E-state index in [4.69, 9.17) is 22.4 Å². The van der Waals surface area contributed by atoms with E-state index in [9.17, 15) is 9.18 Å². The summed E-state index contributed by atoms with van der Waals surface area (Å²) in [5.74, 6) is -1.86. The summed E-state index contributed by atoms with van der Waals surface area (Å²) >= 11 is 9.11. The number of hydrogen-bond donors (Lipinski definition) is 3. The molecule has 2 rings (SSSR count). The van der Waals surface area contributed by atoms with Crippen LogP contribution < -0.4 is 11.1 Å². The number of carboxylic acids is 1. The molecule has 4 N–H and O–H groups in total. The van der Waals surface area contributed by atoms with E-state index < -0.39 is 11.8 Å². The molecule has 0 saturated carbocycles. The highest BCUT2D eigenvalue weighted by molar-refractivity contribution is 9.10. The van der Waals surface area contributed by atoms with Crippen LogP contribution in [0.5, 0.6) is 0 Å². The van der Waals surface area contributed by atoms with E-state index in [1.165, 1.54) is 0 Å². The number of carbonyl (C=O) groups is 1. The standard InChI is InChI=1S/C13H9BrClFN2O2/c14-8-3-6(1-2-9(8)15)18-12-4-7(13(19)20)11(17)5-10(12)16/h1-5,18H,17H2,(H,19,20). The van der Waals surface area contributed by atoms with Crippen molar-refractivity contribution in [3.63, 3.8) is 0 Å². The first kappa shape index (κ1) is 14.6. The number of benzene rings is 2. The lowest BCUT2D eigenvalue weighted by atomic mass is 10.1. The summed E-state index contributed by atoms with van der Waals surface area (Å²) in [7, 11) is 0. The molecule has 0 radical (unpaired) electrons. The molecule has 4 nitrogen and oxygen atoms in total. The first-order valence-electron chi connectivity index (χ1n) is 5.43. The summed E-state index contributed by atoms with van der Waals surface area (Å²) in [5, 5.41) is 12.3. The Morgan fingerprint density at radius 3 is 2.65 bits per heavy atom. The molecule has 0 heterocycles. The lowest BCUT2D eigenvalue weighted by Crippen LogP contribution is -2.05. The van der Waals surface area contributed by atoms with Crippen molar-refractivity contribution in [2.24, 2.45) is 0 Å². The SMILES string of the molecule is Nc1cc(F)c(Nc2ccc(Cl)c(Br)c2)cc1C(=O)O. The highest BCUT2D eigenvalue weighted by atomic mass is 79.9. The summed E-state index contributed by atoms with van der Waals surface area (Å²) < 4.78 is 14.4. The van der Waals surface area contributed by atoms with Gasteiger partial charge in [0.2, 0.25) is 0 Å². The molecule has 0 saturated heterocycles. The van der Waals surface area contributed by atoms with E-state index >= 15 is 0 Å². The third-order valence-corrected chi connectivity index (χ3v) is 3.78. The van der Waals surface area contributed by atoms with Gasteiger partial charge in [-0.3, -0.25) is 0 Å². The van der Waals surface area contributed by atoms with E-state index in [-0.39, 0.29) is 16.9 Å². The van der Waals surface area contributed by atoms with Crippen LogP contribution in [0.4, 0.5) is 21.5 Å². The van der Waals surface area contributed by atoms with Gasteiger partial charge in [0.1, 0.15) is 5.82 Å². The van der Waals surface area contributed by atoms with Crippen molar-refractivity contribution >= 4 is 50.6 Å². The zero-order valence-corrected chi connectivity index (χ0v) is 12.3. The average Bonchev–Trinajstić information content (AvgIpc) is 2.36. The fourth-order valence-corrected chi connectivity index (χ4v) is 2.10. The number of nitrogens with one attached hydrogen (secondary N) is 1. The third-order valence-electron chi connectivity index (χ3n) is 2.57. The highest BCUT2D eigenvalue weighted by Gasteiger charge is 2.13. The Morgan fingerprint density at radius 2 is 2.05 bits per heavy atom. The number of nitrogens with two attached hydrogens (primary N) is 1. The average molecular weight is 360 g/mol. The molecule has 0 aliphatic carbocycles. The van der Waals surface area contributed by atoms with Crippen LogP contribution in [-0.4, -0.2) is 11.1 Å². The predicted molar refractivity (Wildman–Crippen MR) is 80.2 cm³/mol. The van der Waals surface area contributed by atoms with Gasteiger partial charge in [0, 0.05) is 15.8 Å². The van der Waals surface area contributed by atoms with Gasteiger partial charge < -0.3 is 16.2 Å². The second-order valence-electron chi connectivity index (χ2n) is 3.98. The Kier molecular flexibility index (Phi) is 4.15. The molecule has 0 fully saturated rings. The number of carboxylic acid groups (broad SMARTS) is 1. The lowest BCUT2D eigenvalue weighted by Gasteiger charge is -2.11. The van der Waals surface area contributed by atoms with Crippen LogP contribution in [0, 0.1) is 5.82 Å². The monoisotopic (exact) mass is 358 g/mol. The molecule has 7 heteroatoms. The maximum atomic E-state index is 13.8. The Labute approximate surface area is 127 Å². The summed E-state index contributed by atoms with van der Waals surface area (Å²) in [4.78, 5) is 11.0. The maximum absolute atomic E-state index is 13.8. The second kappa shape index (κ2) is 5.68. The van der Waals surface area contributed by atoms with E-state index in [2.05, 4.69) is 21.2 Å². The van der Waals surface area contributed by atoms with Gasteiger partial charge in [-0.05, 0) is 46.3 Å². The molecule has 0 bridgehead atoms. The van der Waals surface area contributed by atoms with Crippen molar-refractivity contribution in [2.75, 3.05) is 11.1 Å². The topological polar surface area (TPSA) is 75.3 Å². The van der Waals surface area contributed by atoms with E-state index in [1.807, 2.05) is 0 Å². The minimum atomic E-state index is -1.22. The molecule has 0 atom stereocenters. The van der Waals surface area contributed by atoms with Gasteiger partial charge in [-0.2, -0.15) is 0 Å². The largest absolute Gasteiger partial charge is 0.478 e. The Bertz CT molecular complexity index is 694. The summed E-state index contributed by atoms with van der Waals surface area (Å²) in [6.45, 7) is 0. The van der Waals surface area contributed by atoms with Crippen LogP contribution in [-0.2, 0) is 0 Å². The van der Waals surface area contributed by atoms with Crippen molar-refractivity contribution in [1.82, 2.24) is 0 Å². The van der Waals surface area contributed by atoms with Crippen molar-refractivity contribution in [3.8, 4) is 0 Å². The molecule has 0 amide bonds. The van der Waals surface area contributed by atoms with Gasteiger partial charge >= 0.3 is 5.97 Å². The normalized spacial score (nSPS) is 10.3. The molecule has 2 aromatic carbocycles. The van der Waals surface area contributed by atoms with Crippen LogP contribution in [0.25, 0.3) is 0 Å². The lowest BCUT2D eigenvalue weighted by molar-refractivity contribution is 0.0698. The Hall–Kier alpha value is -1.79. The van der Waals surface area contributed by atoms with E-state index in [0.717, 1.165) is 12.1 Å². The zero-order valence-electron chi connectivity index (χ0n) is 9.95. The molecule has 2 aromatic rings. The minimum absolute atomic E-state index is 0.0193. The second-order valence-corrected chi connectivity index (χ2v) is 5.24. The van der Waals surface area contributed by atoms with Gasteiger partial charge in [-0.1, -0.05) is 11.6 Å². The van der Waals surface area contributed by atoms with Gasteiger partial charge in [-0.25, -0.2) is 9.18 Å². The van der Waals surface area contributed by atoms with Gasteiger partial charge in [0.15, 0.2) is 0 Å². The molecule has 0 aliphatic heterocycles. The van der Waals surface area contributed by atoms with E-state index in [1.54, 1.807) is 18.2 Å². The molecule has 0 aliphatic rings. The fraction of sp³-hybridized carbons (Fsp3) is 0. The van der Waals surface area contributed by atoms with Crippen molar-refractivity contribution in [3.05, 3.63) is 51.2 Å². The molecule has 0 spiro atoms. The number of anilines is 3. The number of hydrogen-bond acceptors (Lipinski definition) is 3. The van der Waals surface area contributed by atoms with Crippen molar-refractivity contribution in [2.45, 2.75) is 0 Å². The quantitative estimate of drug-likeness (QED) is 0.716. The Morgan fingerprint density at radius 1 is 1.35 bits per heavy atom. The zero-order chi connectivity index (χ0) is 14.9. The van der Waals surface area contributed by atoms with Crippen molar-refractivity contribution in [1.29, 1.82) is 0 Å². The van der Waals surface area contributed by atoms with Gasteiger partial charge in [0.25, 0.3) is 0 Å². The first-order valence-corrected chi connectivity index (χ1v) is 6.60. The molecular formula is C13H9BrClFN2O2. The van der Waals surface area contributed by atoms with Crippen LogP contribution >= 0.6 is 27.5 Å². The molecular weight excluding hydrogens is 351 g/mol. The number of rotatable bonds is 3. The summed E-state index contributed by atoms with van der Waals surface area (Å²) in [5.41, 5.74) is 5.74. The van der Waals surface area contributed by atoms with Crippen LogP contribution in [0.1, 0.15) is 10.4 Å². The molecule has 0 aromatic heterocycles. The third kappa shape index (κ3) is 3.02. The summed E-state index contributed by atoms with van der Waals surface area (Å²) in [6.07, 6.45) is 0. The van der Waals surface area contributed by atoms with Crippen LogP contribution in [0.3, 0.4) is 0 Å². The highest BCUT2D eigenvalue weighted by Crippen LogP contribution is 2.29. The fourth-order valence-electron chi connectivity index (χ4n) is 1.60. The molecule has 20 heavy (non-hydrogen) atoms. The molecule has 104 valence electrons. The maximum Gasteiger partial charge on any atom is 0.337 e.